The SMILES string of the molecule is CC(CNC(C)(C)C)Cc1ccc(C(F)(F)F)c(F)c1. The molecule has 114 valence electrons. The quantitative estimate of drug-likeness (QED) is 0.810. The predicted molar refractivity (Wildman–Crippen MR) is 72.0 cm³/mol. The maximum atomic E-state index is 13.4. The molecule has 1 rings (SSSR count). The first kappa shape index (κ1) is 17.0. The molecule has 1 aromatic rings. The zero-order valence-electron chi connectivity index (χ0n) is 12.2. The van der Waals surface area contributed by atoms with Gasteiger partial charge in [-0.05, 0) is 57.4 Å². The highest BCUT2D eigenvalue weighted by atomic mass is 19.4. The largest absolute Gasteiger partial charge is 0.419 e. The first-order valence-electron chi connectivity index (χ1n) is 6.59. The van der Waals surface area contributed by atoms with Gasteiger partial charge in [-0.3, -0.25) is 0 Å². The molecule has 1 N–H and O–H groups in total. The van der Waals surface area contributed by atoms with Crippen molar-refractivity contribution in [1.82, 2.24) is 5.32 Å². The second-order valence-electron chi connectivity index (χ2n) is 6.25. The van der Waals surface area contributed by atoms with Crippen LogP contribution in [0.5, 0.6) is 0 Å². The lowest BCUT2D eigenvalue weighted by atomic mass is 9.98. The van der Waals surface area contributed by atoms with Gasteiger partial charge in [0.2, 0.25) is 0 Å². The number of rotatable bonds is 4. The van der Waals surface area contributed by atoms with E-state index in [0.29, 0.717) is 12.0 Å². The van der Waals surface area contributed by atoms with Crippen LogP contribution in [0.25, 0.3) is 0 Å². The van der Waals surface area contributed by atoms with Crippen molar-refractivity contribution in [2.24, 2.45) is 5.92 Å². The molecule has 0 heterocycles. The average Bonchev–Trinajstić information content (AvgIpc) is 2.23. The highest BCUT2D eigenvalue weighted by molar-refractivity contribution is 5.26. The molecule has 0 amide bonds. The lowest BCUT2D eigenvalue weighted by molar-refractivity contribution is -0.140. The predicted octanol–water partition coefficient (Wildman–Crippen LogP) is 4.41. The molecule has 0 saturated carbocycles. The molecule has 0 aliphatic carbocycles. The Morgan fingerprint density at radius 2 is 1.75 bits per heavy atom. The van der Waals surface area contributed by atoms with Crippen molar-refractivity contribution in [3.8, 4) is 0 Å². The lowest BCUT2D eigenvalue weighted by Gasteiger charge is -2.23. The fraction of sp³-hybridized carbons (Fsp3) is 0.600. The van der Waals surface area contributed by atoms with Gasteiger partial charge < -0.3 is 5.32 Å². The van der Waals surface area contributed by atoms with Crippen molar-refractivity contribution in [1.29, 1.82) is 0 Å². The molecule has 0 radical (unpaired) electrons. The molecule has 1 aromatic carbocycles. The van der Waals surface area contributed by atoms with Gasteiger partial charge in [0.1, 0.15) is 5.82 Å². The van der Waals surface area contributed by atoms with Gasteiger partial charge in [0.05, 0.1) is 5.56 Å². The van der Waals surface area contributed by atoms with E-state index in [2.05, 4.69) is 5.32 Å². The van der Waals surface area contributed by atoms with Crippen LogP contribution in [0.3, 0.4) is 0 Å². The van der Waals surface area contributed by atoms with Gasteiger partial charge in [-0.2, -0.15) is 13.2 Å². The monoisotopic (exact) mass is 291 g/mol. The first-order chi connectivity index (χ1) is 8.99. The molecule has 0 saturated heterocycles. The summed E-state index contributed by atoms with van der Waals surface area (Å²) in [4.78, 5) is 0. The number of nitrogens with one attached hydrogen (secondary N) is 1. The van der Waals surface area contributed by atoms with Crippen LogP contribution in [0.1, 0.15) is 38.8 Å². The standard InChI is InChI=1S/C15H21F4N/c1-10(9-20-14(2,3)4)7-11-5-6-12(13(16)8-11)15(17,18)19/h5-6,8,10,20H,7,9H2,1-4H3. The topological polar surface area (TPSA) is 12.0 Å². The highest BCUT2D eigenvalue weighted by Gasteiger charge is 2.33. The van der Waals surface area contributed by atoms with Crippen molar-refractivity contribution < 1.29 is 17.6 Å². The van der Waals surface area contributed by atoms with Crippen molar-refractivity contribution in [2.75, 3.05) is 6.54 Å². The lowest BCUT2D eigenvalue weighted by Crippen LogP contribution is -2.39. The Morgan fingerprint density at radius 3 is 2.20 bits per heavy atom. The van der Waals surface area contributed by atoms with Crippen LogP contribution >= 0.6 is 0 Å². The summed E-state index contributed by atoms with van der Waals surface area (Å²) in [7, 11) is 0. The summed E-state index contributed by atoms with van der Waals surface area (Å²) in [6.07, 6.45) is -4.10. The molecule has 0 bridgehead atoms. The van der Waals surface area contributed by atoms with E-state index < -0.39 is 17.6 Å². The van der Waals surface area contributed by atoms with E-state index in [9.17, 15) is 17.6 Å². The summed E-state index contributed by atoms with van der Waals surface area (Å²) < 4.78 is 50.8. The van der Waals surface area contributed by atoms with Crippen molar-refractivity contribution in [3.05, 3.63) is 35.1 Å². The van der Waals surface area contributed by atoms with E-state index in [-0.39, 0.29) is 11.5 Å². The van der Waals surface area contributed by atoms with Crippen LogP contribution < -0.4 is 5.32 Å². The summed E-state index contributed by atoms with van der Waals surface area (Å²) in [6, 6.07) is 3.14. The summed E-state index contributed by atoms with van der Waals surface area (Å²) in [5.74, 6) is -0.989. The van der Waals surface area contributed by atoms with Crippen LogP contribution in [0.2, 0.25) is 0 Å². The van der Waals surface area contributed by atoms with Crippen LogP contribution in [0, 0.1) is 11.7 Å². The van der Waals surface area contributed by atoms with E-state index in [1.165, 1.54) is 6.07 Å². The number of halogens is 4. The molecular weight excluding hydrogens is 270 g/mol. The Balaban J connectivity index is 2.68. The molecule has 1 unspecified atom stereocenters. The molecular formula is C15H21F4N. The molecule has 0 aliphatic heterocycles. The average molecular weight is 291 g/mol. The first-order valence-corrected chi connectivity index (χ1v) is 6.59. The van der Waals surface area contributed by atoms with Gasteiger partial charge in [-0.15, -0.1) is 0 Å². The van der Waals surface area contributed by atoms with Crippen LogP contribution in [-0.2, 0) is 12.6 Å². The van der Waals surface area contributed by atoms with Crippen molar-refractivity contribution >= 4 is 0 Å². The number of hydrogen-bond donors (Lipinski definition) is 1. The van der Waals surface area contributed by atoms with Gasteiger partial charge in [0, 0.05) is 5.54 Å². The molecule has 5 heteroatoms. The molecule has 0 fully saturated rings. The summed E-state index contributed by atoms with van der Waals surface area (Å²) in [5.41, 5.74) is -0.639. The summed E-state index contributed by atoms with van der Waals surface area (Å²) in [5, 5.41) is 3.32. The van der Waals surface area contributed by atoms with E-state index >= 15 is 0 Å². The minimum atomic E-state index is -4.64. The van der Waals surface area contributed by atoms with E-state index in [0.717, 1.165) is 18.7 Å². The van der Waals surface area contributed by atoms with Crippen LogP contribution in [-0.4, -0.2) is 12.1 Å². The summed E-state index contributed by atoms with van der Waals surface area (Å²) in [6.45, 7) is 8.83. The molecule has 0 spiro atoms. The third-order valence-electron chi connectivity index (χ3n) is 2.90. The van der Waals surface area contributed by atoms with Gasteiger partial charge in [0.15, 0.2) is 0 Å². The molecule has 0 aromatic heterocycles. The Bertz CT molecular complexity index is 446. The van der Waals surface area contributed by atoms with Crippen molar-refractivity contribution in [3.63, 3.8) is 0 Å². The number of alkyl halides is 3. The second-order valence-corrected chi connectivity index (χ2v) is 6.25. The van der Waals surface area contributed by atoms with Gasteiger partial charge in [-0.1, -0.05) is 13.0 Å². The Hall–Kier alpha value is -1.10. The number of hydrogen-bond acceptors (Lipinski definition) is 1. The van der Waals surface area contributed by atoms with E-state index in [1.807, 2.05) is 27.7 Å². The molecule has 1 nitrogen and oxygen atoms in total. The zero-order chi connectivity index (χ0) is 15.6. The number of benzene rings is 1. The maximum Gasteiger partial charge on any atom is 0.419 e. The fourth-order valence-electron chi connectivity index (χ4n) is 1.87. The second kappa shape index (κ2) is 6.12. The van der Waals surface area contributed by atoms with Crippen LogP contribution in [0.15, 0.2) is 18.2 Å². The minimum Gasteiger partial charge on any atom is -0.312 e. The normalized spacial score (nSPS) is 14.4. The van der Waals surface area contributed by atoms with Gasteiger partial charge >= 0.3 is 6.18 Å². The molecule has 20 heavy (non-hydrogen) atoms. The van der Waals surface area contributed by atoms with Gasteiger partial charge in [0.25, 0.3) is 0 Å². The fourth-order valence-corrected chi connectivity index (χ4v) is 1.87. The maximum absolute atomic E-state index is 13.4. The van der Waals surface area contributed by atoms with E-state index in [1.54, 1.807) is 0 Å². The van der Waals surface area contributed by atoms with E-state index in [4.69, 9.17) is 0 Å². The van der Waals surface area contributed by atoms with Gasteiger partial charge in [-0.25, -0.2) is 4.39 Å². The van der Waals surface area contributed by atoms with Crippen molar-refractivity contribution in [2.45, 2.75) is 45.8 Å². The third kappa shape index (κ3) is 5.49. The minimum absolute atomic E-state index is 0.0142. The summed E-state index contributed by atoms with van der Waals surface area (Å²) >= 11 is 0. The Kier molecular flexibility index (Phi) is 5.19. The molecule has 0 aliphatic rings. The smallest absolute Gasteiger partial charge is 0.312 e. The third-order valence-corrected chi connectivity index (χ3v) is 2.90. The Labute approximate surface area is 117 Å². The zero-order valence-corrected chi connectivity index (χ0v) is 12.2. The highest BCUT2D eigenvalue weighted by Crippen LogP contribution is 2.31. The van der Waals surface area contributed by atoms with Crippen LogP contribution in [0.4, 0.5) is 17.6 Å². The molecule has 1 atom stereocenters. The Morgan fingerprint density at radius 1 is 1.15 bits per heavy atom.